The molecule has 5 atom stereocenters. The van der Waals surface area contributed by atoms with Gasteiger partial charge in [-0.05, 0) is 123 Å². The van der Waals surface area contributed by atoms with Gasteiger partial charge in [0.05, 0.1) is 11.6 Å². The highest BCUT2D eigenvalue weighted by atomic mass is 35.5. The smallest absolute Gasteiger partial charge is 0.228 e. The molecule has 1 heterocycles. The summed E-state index contributed by atoms with van der Waals surface area (Å²) in [5.74, 6) is 1.25. The summed E-state index contributed by atoms with van der Waals surface area (Å²) in [5.41, 5.74) is 3.07. The van der Waals surface area contributed by atoms with Crippen molar-refractivity contribution in [1.29, 1.82) is 5.26 Å². The van der Waals surface area contributed by atoms with Crippen LogP contribution in [0.1, 0.15) is 62.5 Å². The van der Waals surface area contributed by atoms with Crippen molar-refractivity contribution in [2.75, 3.05) is 25.0 Å². The quantitative estimate of drug-likeness (QED) is 0.378. The molecule has 6 rings (SSSR count). The second-order valence-corrected chi connectivity index (χ2v) is 12.5. The van der Waals surface area contributed by atoms with E-state index < -0.39 is 0 Å². The lowest BCUT2D eigenvalue weighted by Crippen LogP contribution is -2.37. The van der Waals surface area contributed by atoms with E-state index in [1.807, 2.05) is 12.1 Å². The van der Waals surface area contributed by atoms with Crippen molar-refractivity contribution >= 4 is 34.8 Å². The number of hydrogen-bond acceptors (Lipinski definition) is 3. The van der Waals surface area contributed by atoms with E-state index in [0.29, 0.717) is 27.6 Å². The van der Waals surface area contributed by atoms with Gasteiger partial charge in [-0.25, -0.2) is 0 Å². The molecule has 0 aromatic heterocycles. The van der Waals surface area contributed by atoms with E-state index in [0.717, 1.165) is 31.2 Å². The summed E-state index contributed by atoms with van der Waals surface area (Å²) >= 11 is 12.4. The van der Waals surface area contributed by atoms with E-state index in [-0.39, 0.29) is 22.7 Å². The van der Waals surface area contributed by atoms with E-state index in [4.69, 9.17) is 23.2 Å². The maximum absolute atomic E-state index is 13.6. The minimum absolute atomic E-state index is 0.0586. The third-order valence-electron chi connectivity index (χ3n) is 9.71. The molecule has 1 amide bonds. The monoisotopic (exact) mass is 521 g/mol. The van der Waals surface area contributed by atoms with Crippen molar-refractivity contribution in [3.05, 3.63) is 63.6 Å². The summed E-state index contributed by atoms with van der Waals surface area (Å²) in [6.45, 7) is 3.69. The molecule has 4 nitrogen and oxygen atoms in total. The number of fused-ring (bicyclic) bond motifs is 1. The number of hydrogen-bond donors (Lipinski definition) is 1. The molecule has 188 valence electrons. The molecule has 1 N–H and O–H groups in total. The molecule has 1 spiro atoms. The molecule has 4 fully saturated rings. The molecule has 6 heteroatoms. The van der Waals surface area contributed by atoms with E-state index in [1.54, 1.807) is 18.2 Å². The normalized spacial score (nSPS) is 32.3. The van der Waals surface area contributed by atoms with Crippen LogP contribution in [0.4, 0.5) is 5.69 Å². The Labute approximate surface area is 224 Å². The number of anilines is 1. The number of carbonyl (C=O) groups is 1. The summed E-state index contributed by atoms with van der Waals surface area (Å²) in [4.78, 5) is 16.1. The molecule has 3 aliphatic carbocycles. The van der Waals surface area contributed by atoms with Gasteiger partial charge in [0.2, 0.25) is 5.91 Å². The molecule has 2 aromatic rings. The zero-order valence-corrected chi connectivity index (χ0v) is 22.1. The van der Waals surface area contributed by atoms with Crippen LogP contribution < -0.4 is 5.32 Å². The first-order valence-electron chi connectivity index (χ1n) is 13.4. The lowest BCUT2D eigenvalue weighted by Gasteiger charge is -2.31. The third kappa shape index (κ3) is 4.34. The summed E-state index contributed by atoms with van der Waals surface area (Å²) in [5, 5.41) is 13.6. The first kappa shape index (κ1) is 24.3. The predicted octanol–water partition coefficient (Wildman–Crippen LogP) is 7.05. The minimum Gasteiger partial charge on any atom is -0.326 e. The SMILES string of the molecule is N#Cc1cccc([C@]23CC[C@]4(CC2C3)C(CCCCN2CCC2)C4C(=O)Nc2cc(Cl)cc(Cl)c2)c1. The Bertz CT molecular complexity index is 1200. The average Bonchev–Trinajstić information content (AvgIpc) is 3.70. The molecule has 3 saturated carbocycles. The summed E-state index contributed by atoms with van der Waals surface area (Å²) in [6, 6.07) is 15.7. The summed E-state index contributed by atoms with van der Waals surface area (Å²) in [7, 11) is 0. The lowest BCUT2D eigenvalue weighted by atomic mass is 9.74. The standard InChI is InChI=1S/C30H33Cl2N3O/c31-23-14-24(32)16-25(15-23)34-28(36)27-26(7-1-2-10-35-11-4-12-35)30(27)9-8-29(17-22(29)18-30)21-6-3-5-20(13-21)19-33/h3,5-6,13-16,22,26-27H,1-2,4,7-12,17-18H2,(H,34,36)/t22?,26?,27?,29-,30+/m1/s1. The number of unbranched alkanes of at least 4 members (excludes halogenated alkanes) is 1. The van der Waals surface area contributed by atoms with Gasteiger partial charge < -0.3 is 10.2 Å². The number of nitriles is 1. The van der Waals surface area contributed by atoms with Crippen LogP contribution in [-0.2, 0) is 10.2 Å². The maximum Gasteiger partial charge on any atom is 0.228 e. The molecule has 0 bridgehead atoms. The van der Waals surface area contributed by atoms with Gasteiger partial charge in [-0.3, -0.25) is 4.79 Å². The molecule has 1 saturated heterocycles. The third-order valence-corrected chi connectivity index (χ3v) is 10.1. The van der Waals surface area contributed by atoms with Crippen LogP contribution in [0.15, 0.2) is 42.5 Å². The number of nitrogens with one attached hydrogen (secondary N) is 1. The molecule has 2 aromatic carbocycles. The zero-order chi connectivity index (χ0) is 24.9. The molecule has 3 unspecified atom stereocenters. The van der Waals surface area contributed by atoms with Crippen LogP contribution in [0.25, 0.3) is 0 Å². The first-order valence-corrected chi connectivity index (χ1v) is 14.2. The lowest BCUT2D eigenvalue weighted by molar-refractivity contribution is -0.118. The van der Waals surface area contributed by atoms with Crippen LogP contribution >= 0.6 is 23.2 Å². The largest absolute Gasteiger partial charge is 0.326 e. The number of carbonyl (C=O) groups excluding carboxylic acids is 1. The Balaban J connectivity index is 1.16. The van der Waals surface area contributed by atoms with Crippen LogP contribution in [0.2, 0.25) is 10.0 Å². The van der Waals surface area contributed by atoms with Gasteiger partial charge in [-0.2, -0.15) is 5.26 Å². The van der Waals surface area contributed by atoms with Gasteiger partial charge >= 0.3 is 0 Å². The number of rotatable bonds is 8. The second kappa shape index (κ2) is 9.35. The maximum atomic E-state index is 13.6. The Morgan fingerprint density at radius 3 is 2.58 bits per heavy atom. The van der Waals surface area contributed by atoms with Crippen molar-refractivity contribution in [1.82, 2.24) is 4.90 Å². The molecule has 4 aliphatic rings. The fourth-order valence-electron chi connectivity index (χ4n) is 7.61. The zero-order valence-electron chi connectivity index (χ0n) is 20.6. The summed E-state index contributed by atoms with van der Waals surface area (Å²) < 4.78 is 0. The minimum atomic E-state index is 0.0586. The Kier molecular flexibility index (Phi) is 6.31. The van der Waals surface area contributed by atoms with Crippen LogP contribution in [0.5, 0.6) is 0 Å². The molecular weight excluding hydrogens is 489 g/mol. The van der Waals surface area contributed by atoms with Gasteiger partial charge in [-0.1, -0.05) is 41.8 Å². The fourth-order valence-corrected chi connectivity index (χ4v) is 8.14. The van der Waals surface area contributed by atoms with Crippen molar-refractivity contribution in [2.24, 2.45) is 23.2 Å². The van der Waals surface area contributed by atoms with E-state index >= 15 is 0 Å². The van der Waals surface area contributed by atoms with Crippen LogP contribution in [-0.4, -0.2) is 30.4 Å². The van der Waals surface area contributed by atoms with Gasteiger partial charge in [0.25, 0.3) is 0 Å². The van der Waals surface area contributed by atoms with Gasteiger partial charge in [0, 0.05) is 21.7 Å². The fraction of sp³-hybridized carbons (Fsp3) is 0.533. The van der Waals surface area contributed by atoms with E-state index in [9.17, 15) is 10.1 Å². The van der Waals surface area contributed by atoms with Crippen molar-refractivity contribution in [3.63, 3.8) is 0 Å². The highest BCUT2D eigenvalue weighted by Gasteiger charge is 2.73. The van der Waals surface area contributed by atoms with Crippen molar-refractivity contribution < 1.29 is 4.79 Å². The van der Waals surface area contributed by atoms with Crippen molar-refractivity contribution in [3.8, 4) is 6.07 Å². The molecular formula is C30H33Cl2N3O. The molecule has 1 aliphatic heterocycles. The molecule has 36 heavy (non-hydrogen) atoms. The highest BCUT2D eigenvalue weighted by Crippen LogP contribution is 2.77. The van der Waals surface area contributed by atoms with Gasteiger partial charge in [0.15, 0.2) is 0 Å². The Morgan fingerprint density at radius 2 is 1.89 bits per heavy atom. The highest BCUT2D eigenvalue weighted by molar-refractivity contribution is 6.35. The average molecular weight is 523 g/mol. The number of benzene rings is 2. The van der Waals surface area contributed by atoms with E-state index in [1.165, 1.54) is 50.9 Å². The van der Waals surface area contributed by atoms with Gasteiger partial charge in [0.1, 0.15) is 0 Å². The Morgan fingerprint density at radius 1 is 1.08 bits per heavy atom. The number of amides is 1. The van der Waals surface area contributed by atoms with Crippen LogP contribution in [0.3, 0.4) is 0 Å². The van der Waals surface area contributed by atoms with Crippen molar-refractivity contribution in [2.45, 2.75) is 56.8 Å². The number of nitrogens with zero attached hydrogens (tertiary/aromatic N) is 2. The van der Waals surface area contributed by atoms with Crippen LogP contribution in [0, 0.1) is 34.5 Å². The predicted molar refractivity (Wildman–Crippen MR) is 144 cm³/mol. The number of halogens is 2. The first-order chi connectivity index (χ1) is 17.4. The Hall–Kier alpha value is -2.06. The molecule has 0 radical (unpaired) electrons. The summed E-state index contributed by atoms with van der Waals surface area (Å²) in [6.07, 6.45) is 9.39. The topological polar surface area (TPSA) is 56.1 Å². The van der Waals surface area contributed by atoms with Gasteiger partial charge in [-0.15, -0.1) is 0 Å². The number of likely N-dealkylation sites (tertiary alicyclic amines) is 1. The second-order valence-electron chi connectivity index (χ2n) is 11.6. The van der Waals surface area contributed by atoms with E-state index in [2.05, 4.69) is 28.4 Å².